The van der Waals surface area contributed by atoms with E-state index in [1.54, 1.807) is 12.1 Å². The molecule has 0 N–H and O–H groups in total. The van der Waals surface area contributed by atoms with Crippen LogP contribution < -0.4 is 0 Å². The highest BCUT2D eigenvalue weighted by atomic mass is 19.4. The lowest BCUT2D eigenvalue weighted by Crippen LogP contribution is -2.30. The number of nitrogens with zero attached hydrogens (tertiary/aromatic N) is 2. The monoisotopic (exact) mass is 242 g/mol. The van der Waals surface area contributed by atoms with E-state index in [-0.39, 0.29) is 5.56 Å². The molecule has 0 saturated carbocycles. The van der Waals surface area contributed by atoms with E-state index in [0.29, 0.717) is 5.92 Å². The van der Waals surface area contributed by atoms with Crippen molar-refractivity contribution in [3.8, 4) is 0 Å². The molecule has 0 radical (unpaired) electrons. The van der Waals surface area contributed by atoms with E-state index in [9.17, 15) is 13.2 Å². The van der Waals surface area contributed by atoms with Crippen LogP contribution in [0.25, 0.3) is 0 Å². The molecule has 1 aliphatic heterocycles. The molecule has 0 fully saturated rings. The second-order valence-electron chi connectivity index (χ2n) is 4.30. The lowest BCUT2D eigenvalue weighted by Gasteiger charge is -2.16. The Labute approximate surface area is 97.6 Å². The standard InChI is InChI=1S/C12H13F3N2/c1-3-8(2)9-4-6-10(7-5-9)11(16-17-11)12(13,14)15/h4-8H,3H2,1-2H3. The third kappa shape index (κ3) is 1.94. The first-order valence-electron chi connectivity index (χ1n) is 5.52. The Morgan fingerprint density at radius 1 is 1.18 bits per heavy atom. The van der Waals surface area contributed by atoms with Gasteiger partial charge in [0, 0.05) is 5.56 Å². The maximum absolute atomic E-state index is 12.7. The van der Waals surface area contributed by atoms with Gasteiger partial charge in [0.15, 0.2) is 0 Å². The Balaban J connectivity index is 2.25. The average molecular weight is 242 g/mol. The molecule has 0 aromatic heterocycles. The summed E-state index contributed by atoms with van der Waals surface area (Å²) in [6.07, 6.45) is -3.48. The average Bonchev–Trinajstić information content (AvgIpc) is 3.08. The molecule has 0 aliphatic carbocycles. The van der Waals surface area contributed by atoms with E-state index in [1.807, 2.05) is 13.8 Å². The summed E-state index contributed by atoms with van der Waals surface area (Å²) in [5.74, 6) is 0.346. The van der Waals surface area contributed by atoms with E-state index in [0.717, 1.165) is 12.0 Å². The lowest BCUT2D eigenvalue weighted by molar-refractivity contribution is -0.166. The first-order valence-corrected chi connectivity index (χ1v) is 5.52. The Morgan fingerprint density at radius 3 is 2.06 bits per heavy atom. The summed E-state index contributed by atoms with van der Waals surface area (Å²) < 4.78 is 38.2. The van der Waals surface area contributed by atoms with Crippen LogP contribution in [0.3, 0.4) is 0 Å². The molecule has 1 aromatic rings. The minimum atomic E-state index is -4.44. The van der Waals surface area contributed by atoms with Crippen molar-refractivity contribution in [2.45, 2.75) is 38.0 Å². The van der Waals surface area contributed by atoms with Crippen LogP contribution in [0.2, 0.25) is 0 Å². The van der Waals surface area contributed by atoms with Gasteiger partial charge in [0.25, 0.3) is 0 Å². The Bertz CT molecular complexity index is 428. The number of hydrogen-bond donors (Lipinski definition) is 0. The SMILES string of the molecule is CCC(C)c1ccc(C2(C(F)(F)F)N=N2)cc1. The van der Waals surface area contributed by atoms with E-state index >= 15 is 0 Å². The van der Waals surface area contributed by atoms with Gasteiger partial charge in [-0.05, 0) is 17.9 Å². The third-order valence-corrected chi connectivity index (χ3v) is 3.19. The smallest absolute Gasteiger partial charge is 0.166 e. The van der Waals surface area contributed by atoms with Gasteiger partial charge >= 0.3 is 11.8 Å². The van der Waals surface area contributed by atoms with E-state index in [2.05, 4.69) is 10.2 Å². The van der Waals surface area contributed by atoms with Gasteiger partial charge in [0.1, 0.15) is 0 Å². The number of halogens is 3. The van der Waals surface area contributed by atoms with Crippen molar-refractivity contribution < 1.29 is 13.2 Å². The second-order valence-corrected chi connectivity index (χ2v) is 4.30. The van der Waals surface area contributed by atoms with Crippen LogP contribution in [0, 0.1) is 0 Å². The molecular formula is C12H13F3N2. The van der Waals surface area contributed by atoms with Crippen molar-refractivity contribution in [1.82, 2.24) is 0 Å². The summed E-state index contributed by atoms with van der Waals surface area (Å²) >= 11 is 0. The van der Waals surface area contributed by atoms with Crippen LogP contribution in [0.4, 0.5) is 13.2 Å². The summed E-state index contributed by atoms with van der Waals surface area (Å²) in [5, 5.41) is 6.34. The van der Waals surface area contributed by atoms with Crippen molar-refractivity contribution in [3.63, 3.8) is 0 Å². The number of alkyl halides is 3. The largest absolute Gasteiger partial charge is 0.442 e. The molecule has 2 nitrogen and oxygen atoms in total. The first-order chi connectivity index (χ1) is 7.90. The quantitative estimate of drug-likeness (QED) is 0.751. The van der Waals surface area contributed by atoms with Crippen molar-refractivity contribution in [2.75, 3.05) is 0 Å². The van der Waals surface area contributed by atoms with Crippen molar-refractivity contribution in [1.29, 1.82) is 0 Å². The summed E-state index contributed by atoms with van der Waals surface area (Å²) in [4.78, 5) is 0. The zero-order chi connectivity index (χ0) is 12.7. The fraction of sp³-hybridized carbons (Fsp3) is 0.500. The van der Waals surface area contributed by atoms with Gasteiger partial charge in [-0.25, -0.2) is 0 Å². The molecule has 1 aromatic carbocycles. The second kappa shape index (κ2) is 3.82. The molecule has 92 valence electrons. The minimum Gasteiger partial charge on any atom is -0.166 e. The molecule has 1 aliphatic rings. The first kappa shape index (κ1) is 12.1. The van der Waals surface area contributed by atoms with Crippen LogP contribution in [-0.4, -0.2) is 6.18 Å². The van der Waals surface area contributed by atoms with Crippen molar-refractivity contribution in [2.24, 2.45) is 10.2 Å². The lowest BCUT2D eigenvalue weighted by atomic mass is 9.95. The van der Waals surface area contributed by atoms with Crippen LogP contribution in [0.1, 0.15) is 37.3 Å². The van der Waals surface area contributed by atoms with Gasteiger partial charge in [-0.2, -0.15) is 13.2 Å². The minimum absolute atomic E-state index is 0.0945. The van der Waals surface area contributed by atoms with Crippen molar-refractivity contribution in [3.05, 3.63) is 35.4 Å². The molecule has 1 unspecified atom stereocenters. The molecule has 1 atom stereocenters. The zero-order valence-electron chi connectivity index (χ0n) is 9.62. The van der Waals surface area contributed by atoms with Crippen LogP contribution in [0.15, 0.2) is 34.5 Å². The van der Waals surface area contributed by atoms with Crippen LogP contribution in [-0.2, 0) is 5.66 Å². The molecule has 0 bridgehead atoms. The fourth-order valence-corrected chi connectivity index (χ4v) is 1.72. The molecule has 0 spiro atoms. The third-order valence-electron chi connectivity index (χ3n) is 3.19. The Hall–Kier alpha value is -1.39. The molecule has 0 saturated heterocycles. The van der Waals surface area contributed by atoms with Gasteiger partial charge in [0.05, 0.1) is 0 Å². The predicted molar refractivity (Wildman–Crippen MR) is 57.7 cm³/mol. The Morgan fingerprint density at radius 2 is 1.71 bits per heavy atom. The maximum atomic E-state index is 12.7. The van der Waals surface area contributed by atoms with Crippen LogP contribution in [0.5, 0.6) is 0 Å². The highest BCUT2D eigenvalue weighted by Gasteiger charge is 2.65. The topological polar surface area (TPSA) is 24.7 Å². The summed E-state index contributed by atoms with van der Waals surface area (Å²) in [5.41, 5.74) is -1.16. The van der Waals surface area contributed by atoms with E-state index in [1.165, 1.54) is 12.1 Å². The summed E-state index contributed by atoms with van der Waals surface area (Å²) in [6.45, 7) is 4.09. The van der Waals surface area contributed by atoms with E-state index in [4.69, 9.17) is 0 Å². The number of benzene rings is 1. The number of hydrogen-bond acceptors (Lipinski definition) is 2. The van der Waals surface area contributed by atoms with Crippen LogP contribution >= 0.6 is 0 Å². The number of rotatable bonds is 3. The highest BCUT2D eigenvalue weighted by molar-refractivity contribution is 5.33. The van der Waals surface area contributed by atoms with Gasteiger partial charge < -0.3 is 0 Å². The molecule has 17 heavy (non-hydrogen) atoms. The molecule has 0 amide bonds. The van der Waals surface area contributed by atoms with Gasteiger partial charge in [-0.15, -0.1) is 10.2 Å². The van der Waals surface area contributed by atoms with Gasteiger partial charge in [-0.1, -0.05) is 38.1 Å². The maximum Gasteiger partial charge on any atom is 0.442 e. The predicted octanol–water partition coefficient (Wildman–Crippen LogP) is 4.38. The molecular weight excluding hydrogens is 229 g/mol. The van der Waals surface area contributed by atoms with E-state index < -0.39 is 11.8 Å². The highest BCUT2D eigenvalue weighted by Crippen LogP contribution is 2.52. The fourth-order valence-electron chi connectivity index (χ4n) is 1.72. The molecule has 2 rings (SSSR count). The molecule has 1 heterocycles. The van der Waals surface area contributed by atoms with Gasteiger partial charge in [-0.3, -0.25) is 0 Å². The zero-order valence-corrected chi connectivity index (χ0v) is 9.62. The van der Waals surface area contributed by atoms with Crippen molar-refractivity contribution >= 4 is 0 Å². The summed E-state index contributed by atoms with van der Waals surface area (Å²) in [7, 11) is 0. The summed E-state index contributed by atoms with van der Waals surface area (Å²) in [6, 6.07) is 6.38. The van der Waals surface area contributed by atoms with Gasteiger partial charge in [0.2, 0.25) is 0 Å². The normalized spacial score (nSPS) is 19.1. The molecule has 5 heteroatoms. The Kier molecular flexibility index (Phi) is 2.72.